The van der Waals surface area contributed by atoms with Crippen LogP contribution < -0.4 is 0 Å². The van der Waals surface area contributed by atoms with Crippen molar-refractivity contribution in [2.45, 2.75) is 49.1 Å². The van der Waals surface area contributed by atoms with E-state index in [4.69, 9.17) is 4.74 Å². The van der Waals surface area contributed by atoms with Crippen molar-refractivity contribution in [3.63, 3.8) is 0 Å². The summed E-state index contributed by atoms with van der Waals surface area (Å²) in [7, 11) is -3.24. The normalized spacial score (nSPS) is 32.9. The van der Waals surface area contributed by atoms with Gasteiger partial charge < -0.3 is 9.84 Å². The van der Waals surface area contributed by atoms with Crippen molar-refractivity contribution in [2.24, 2.45) is 0 Å². The summed E-state index contributed by atoms with van der Waals surface area (Å²) in [6.45, 7) is 0.626. The van der Waals surface area contributed by atoms with Gasteiger partial charge in [0.25, 0.3) is 0 Å². The zero-order valence-electron chi connectivity index (χ0n) is 12.3. The van der Waals surface area contributed by atoms with Gasteiger partial charge in [-0.25, -0.2) is 8.42 Å². The van der Waals surface area contributed by atoms with Gasteiger partial charge in [0.05, 0.1) is 23.6 Å². The molecule has 5 heteroatoms. The van der Waals surface area contributed by atoms with Crippen molar-refractivity contribution in [2.75, 3.05) is 12.9 Å². The highest BCUT2D eigenvalue weighted by Gasteiger charge is 2.48. The van der Waals surface area contributed by atoms with E-state index < -0.39 is 20.7 Å². The van der Waals surface area contributed by atoms with Gasteiger partial charge in [-0.3, -0.25) is 0 Å². The Labute approximate surface area is 126 Å². The molecule has 1 aliphatic heterocycles. The van der Waals surface area contributed by atoms with Crippen molar-refractivity contribution >= 4 is 9.84 Å². The zero-order valence-corrected chi connectivity index (χ0v) is 13.1. The molecular formula is C16H22O4S. The predicted octanol–water partition coefficient (Wildman–Crippen LogP) is 2.02. The molecule has 0 aromatic heterocycles. The van der Waals surface area contributed by atoms with Crippen molar-refractivity contribution in [1.82, 2.24) is 0 Å². The number of rotatable bonds is 3. The van der Waals surface area contributed by atoms with Gasteiger partial charge in [0.15, 0.2) is 9.84 Å². The molecule has 0 bridgehead atoms. The highest BCUT2D eigenvalue weighted by Crippen LogP contribution is 2.43. The van der Waals surface area contributed by atoms with Gasteiger partial charge in [0.1, 0.15) is 0 Å². The van der Waals surface area contributed by atoms with Gasteiger partial charge in [0.2, 0.25) is 0 Å². The molecule has 3 rings (SSSR count). The molecule has 1 N–H and O–H groups in total. The van der Waals surface area contributed by atoms with Gasteiger partial charge in [-0.2, -0.15) is 0 Å². The van der Waals surface area contributed by atoms with Crippen LogP contribution >= 0.6 is 0 Å². The van der Waals surface area contributed by atoms with E-state index in [1.807, 2.05) is 18.2 Å². The fourth-order valence-electron chi connectivity index (χ4n) is 3.84. The second-order valence-electron chi connectivity index (χ2n) is 6.33. The highest BCUT2D eigenvalue weighted by atomic mass is 32.2. The molecule has 4 nitrogen and oxygen atoms in total. The van der Waals surface area contributed by atoms with E-state index in [2.05, 4.69) is 6.07 Å². The van der Waals surface area contributed by atoms with E-state index in [1.54, 1.807) is 0 Å². The van der Waals surface area contributed by atoms with Crippen LogP contribution in [0.15, 0.2) is 24.3 Å². The fourth-order valence-corrected chi connectivity index (χ4v) is 5.44. The molecule has 1 aromatic carbocycles. The van der Waals surface area contributed by atoms with E-state index in [-0.39, 0.29) is 6.10 Å². The number of hydrogen-bond acceptors (Lipinski definition) is 4. The number of benzene rings is 1. The summed E-state index contributed by atoms with van der Waals surface area (Å²) in [5.41, 5.74) is 1.17. The Hall–Kier alpha value is -0.910. The molecule has 2 aliphatic rings. The van der Waals surface area contributed by atoms with Crippen LogP contribution in [0.4, 0.5) is 0 Å². The average Bonchev–Trinajstić information content (AvgIpc) is 2.81. The number of fused-ring (bicyclic) bond motifs is 1. The second kappa shape index (κ2) is 5.38. The molecule has 3 atom stereocenters. The Balaban J connectivity index is 1.87. The second-order valence-corrected chi connectivity index (χ2v) is 8.55. The average molecular weight is 310 g/mol. The SMILES string of the molecule is CS(=O)(=O)C1CCCC1(O)CC1OCCc2ccccc21. The number of ether oxygens (including phenoxy) is 1. The first kappa shape index (κ1) is 15.0. The molecule has 1 aromatic rings. The molecule has 21 heavy (non-hydrogen) atoms. The standard InChI is InChI=1S/C16H22O4S/c1-21(18,19)15-7-4-9-16(15,17)11-14-13-6-3-2-5-12(13)8-10-20-14/h2-3,5-6,14-15,17H,4,7-11H2,1H3. The number of sulfone groups is 1. The third-order valence-corrected chi connectivity index (χ3v) is 6.53. The quantitative estimate of drug-likeness (QED) is 0.928. The van der Waals surface area contributed by atoms with Crippen LogP contribution in [0, 0.1) is 0 Å². The Bertz CT molecular complexity index is 625. The third kappa shape index (κ3) is 2.87. The molecule has 0 radical (unpaired) electrons. The minimum Gasteiger partial charge on any atom is -0.388 e. The van der Waals surface area contributed by atoms with Crippen molar-refractivity contribution in [1.29, 1.82) is 0 Å². The van der Waals surface area contributed by atoms with Gasteiger partial charge in [0, 0.05) is 12.7 Å². The van der Waals surface area contributed by atoms with Crippen molar-refractivity contribution in [3.05, 3.63) is 35.4 Å². The summed E-state index contributed by atoms with van der Waals surface area (Å²) in [6.07, 6.45) is 4.09. The van der Waals surface area contributed by atoms with Crippen LogP contribution in [0.25, 0.3) is 0 Å². The van der Waals surface area contributed by atoms with Crippen LogP contribution in [0.2, 0.25) is 0 Å². The molecule has 0 saturated heterocycles. The Kier molecular flexibility index (Phi) is 3.84. The Morgan fingerprint density at radius 3 is 2.90 bits per heavy atom. The molecular weight excluding hydrogens is 288 g/mol. The maximum Gasteiger partial charge on any atom is 0.153 e. The van der Waals surface area contributed by atoms with Crippen LogP contribution in [0.5, 0.6) is 0 Å². The molecule has 1 saturated carbocycles. The summed E-state index contributed by atoms with van der Waals surface area (Å²) in [5.74, 6) is 0. The first-order chi connectivity index (χ1) is 9.90. The lowest BCUT2D eigenvalue weighted by Gasteiger charge is -2.35. The molecule has 1 aliphatic carbocycles. The van der Waals surface area contributed by atoms with Crippen LogP contribution in [0.1, 0.15) is 42.9 Å². The highest BCUT2D eigenvalue weighted by molar-refractivity contribution is 7.91. The first-order valence-corrected chi connectivity index (χ1v) is 9.46. The third-order valence-electron chi connectivity index (χ3n) is 4.82. The van der Waals surface area contributed by atoms with E-state index in [9.17, 15) is 13.5 Å². The van der Waals surface area contributed by atoms with Crippen LogP contribution in [-0.4, -0.2) is 37.2 Å². The maximum atomic E-state index is 11.9. The molecule has 1 heterocycles. The first-order valence-electron chi connectivity index (χ1n) is 7.51. The summed E-state index contributed by atoms with van der Waals surface area (Å²) in [5, 5.41) is 10.2. The topological polar surface area (TPSA) is 63.6 Å². The number of aliphatic hydroxyl groups is 1. The summed E-state index contributed by atoms with van der Waals surface area (Å²) >= 11 is 0. The van der Waals surface area contributed by atoms with Gasteiger partial charge in [-0.05, 0) is 36.8 Å². The van der Waals surface area contributed by atoms with E-state index in [0.717, 1.165) is 18.4 Å². The summed E-state index contributed by atoms with van der Waals surface area (Å²) < 4.78 is 29.7. The van der Waals surface area contributed by atoms with Gasteiger partial charge >= 0.3 is 0 Å². The fraction of sp³-hybridized carbons (Fsp3) is 0.625. The molecule has 1 fully saturated rings. The lowest BCUT2D eigenvalue weighted by atomic mass is 9.87. The van der Waals surface area contributed by atoms with Crippen LogP contribution in [-0.2, 0) is 21.0 Å². The van der Waals surface area contributed by atoms with Crippen molar-refractivity contribution in [3.8, 4) is 0 Å². The zero-order chi connectivity index (χ0) is 15.1. The lowest BCUT2D eigenvalue weighted by molar-refractivity contribution is -0.0407. The monoisotopic (exact) mass is 310 g/mol. The Morgan fingerprint density at radius 1 is 1.38 bits per heavy atom. The van der Waals surface area contributed by atoms with E-state index in [0.29, 0.717) is 25.9 Å². The smallest absolute Gasteiger partial charge is 0.153 e. The summed E-state index contributed by atoms with van der Waals surface area (Å²) in [4.78, 5) is 0. The molecule has 3 unspecified atom stereocenters. The minimum atomic E-state index is -3.24. The van der Waals surface area contributed by atoms with Crippen LogP contribution in [0.3, 0.4) is 0 Å². The van der Waals surface area contributed by atoms with Gasteiger partial charge in [-0.1, -0.05) is 24.3 Å². The number of hydrogen-bond donors (Lipinski definition) is 1. The summed E-state index contributed by atoms with van der Waals surface area (Å²) in [6, 6.07) is 8.07. The molecule has 0 spiro atoms. The lowest BCUT2D eigenvalue weighted by Crippen LogP contribution is -2.44. The maximum absolute atomic E-state index is 11.9. The largest absolute Gasteiger partial charge is 0.388 e. The van der Waals surface area contributed by atoms with Crippen molar-refractivity contribution < 1.29 is 18.3 Å². The van der Waals surface area contributed by atoms with Gasteiger partial charge in [-0.15, -0.1) is 0 Å². The Morgan fingerprint density at radius 2 is 2.14 bits per heavy atom. The molecule has 116 valence electrons. The van der Waals surface area contributed by atoms with E-state index >= 15 is 0 Å². The predicted molar refractivity (Wildman–Crippen MR) is 80.9 cm³/mol. The molecule has 0 amide bonds. The van der Waals surface area contributed by atoms with E-state index in [1.165, 1.54) is 11.8 Å². The minimum absolute atomic E-state index is 0.206.